The van der Waals surface area contributed by atoms with E-state index in [2.05, 4.69) is 5.32 Å². The fraction of sp³-hybridized carbons (Fsp3) is 0.364. The minimum Gasteiger partial charge on any atom is -0.489 e. The second kappa shape index (κ2) is 8.74. The van der Waals surface area contributed by atoms with E-state index < -0.39 is 0 Å². The first-order chi connectivity index (χ1) is 14.1. The highest BCUT2D eigenvalue weighted by Crippen LogP contribution is 2.37. The van der Waals surface area contributed by atoms with Crippen LogP contribution in [0.2, 0.25) is 5.02 Å². The Bertz CT molecular complexity index is 914. The molecule has 2 aliphatic rings. The number of carbonyl (C=O) groups is 2. The summed E-state index contributed by atoms with van der Waals surface area (Å²) in [6, 6.07) is 11.0. The number of nitrogens with one attached hydrogen (secondary N) is 1. The fourth-order valence-corrected chi connectivity index (χ4v) is 3.81. The number of ether oxygens (including phenoxy) is 2. The van der Waals surface area contributed by atoms with Gasteiger partial charge in [-0.25, -0.2) is 0 Å². The van der Waals surface area contributed by atoms with Gasteiger partial charge in [-0.05, 0) is 41.8 Å². The molecule has 2 aromatic carbocycles. The maximum absolute atomic E-state index is 12.5. The van der Waals surface area contributed by atoms with E-state index in [1.165, 1.54) is 0 Å². The summed E-state index contributed by atoms with van der Waals surface area (Å²) >= 11 is 6.30. The molecule has 2 amide bonds. The number of amides is 2. The highest BCUT2D eigenvalue weighted by molar-refractivity contribution is 6.32. The van der Waals surface area contributed by atoms with E-state index in [0.29, 0.717) is 54.8 Å². The van der Waals surface area contributed by atoms with Crippen molar-refractivity contribution in [2.75, 3.05) is 19.8 Å². The van der Waals surface area contributed by atoms with Crippen LogP contribution in [0.4, 0.5) is 0 Å². The van der Waals surface area contributed by atoms with Crippen LogP contribution in [0.3, 0.4) is 0 Å². The monoisotopic (exact) mass is 414 g/mol. The topological polar surface area (TPSA) is 67.9 Å². The molecule has 0 saturated carbocycles. The summed E-state index contributed by atoms with van der Waals surface area (Å²) in [5.41, 5.74) is 2.44. The molecule has 2 aliphatic heterocycles. The van der Waals surface area contributed by atoms with E-state index in [4.69, 9.17) is 21.1 Å². The molecule has 7 heteroatoms. The highest BCUT2D eigenvalue weighted by Gasteiger charge is 2.20. The quantitative estimate of drug-likeness (QED) is 0.812. The standard InChI is InChI=1S/C22H23ClN2O4/c23-18-11-16(12-19-21(18)29-10-2-9-28-19)13-24-22(27)17-6-4-15(5-7-17)14-25-8-1-3-20(25)26/h4-7,11-12H,1-3,8-10,13-14H2,(H,24,27). The van der Waals surface area contributed by atoms with Crippen LogP contribution in [0.25, 0.3) is 0 Å². The Hall–Kier alpha value is -2.73. The molecule has 0 unspecified atom stereocenters. The fourth-order valence-electron chi connectivity index (χ4n) is 3.52. The molecule has 4 rings (SSSR count). The molecule has 0 aromatic heterocycles. The molecule has 0 spiro atoms. The summed E-state index contributed by atoms with van der Waals surface area (Å²) in [6.07, 6.45) is 2.35. The zero-order valence-corrected chi connectivity index (χ0v) is 16.8. The van der Waals surface area contributed by atoms with Gasteiger partial charge in [-0.3, -0.25) is 9.59 Å². The molecule has 29 heavy (non-hydrogen) atoms. The van der Waals surface area contributed by atoms with Crippen LogP contribution in [-0.4, -0.2) is 36.5 Å². The minimum absolute atomic E-state index is 0.169. The average molecular weight is 415 g/mol. The highest BCUT2D eigenvalue weighted by atomic mass is 35.5. The van der Waals surface area contributed by atoms with E-state index >= 15 is 0 Å². The smallest absolute Gasteiger partial charge is 0.251 e. The van der Waals surface area contributed by atoms with Crippen LogP contribution in [-0.2, 0) is 17.9 Å². The third kappa shape index (κ3) is 4.65. The van der Waals surface area contributed by atoms with Crippen molar-refractivity contribution in [3.8, 4) is 11.5 Å². The Labute approximate surface area is 174 Å². The maximum atomic E-state index is 12.5. The van der Waals surface area contributed by atoms with Gasteiger partial charge in [0.25, 0.3) is 5.91 Å². The number of likely N-dealkylation sites (tertiary alicyclic amines) is 1. The number of carbonyl (C=O) groups excluding carboxylic acids is 2. The molecule has 152 valence electrons. The van der Waals surface area contributed by atoms with Gasteiger partial charge in [0.05, 0.1) is 18.2 Å². The van der Waals surface area contributed by atoms with E-state index in [-0.39, 0.29) is 11.8 Å². The van der Waals surface area contributed by atoms with Gasteiger partial charge >= 0.3 is 0 Å². The van der Waals surface area contributed by atoms with Crippen molar-refractivity contribution in [2.45, 2.75) is 32.4 Å². The van der Waals surface area contributed by atoms with Gasteiger partial charge in [-0.1, -0.05) is 23.7 Å². The van der Waals surface area contributed by atoms with Crippen LogP contribution < -0.4 is 14.8 Å². The first-order valence-electron chi connectivity index (χ1n) is 9.83. The molecule has 6 nitrogen and oxygen atoms in total. The number of hydrogen-bond donors (Lipinski definition) is 1. The number of benzene rings is 2. The normalized spacial score (nSPS) is 15.9. The number of rotatable bonds is 5. The average Bonchev–Trinajstić information content (AvgIpc) is 2.97. The summed E-state index contributed by atoms with van der Waals surface area (Å²) in [7, 11) is 0. The van der Waals surface area contributed by atoms with E-state index in [9.17, 15) is 9.59 Å². The van der Waals surface area contributed by atoms with E-state index in [0.717, 1.165) is 30.5 Å². The molecule has 0 atom stereocenters. The third-order valence-corrected chi connectivity index (χ3v) is 5.36. The molecular weight excluding hydrogens is 392 g/mol. The summed E-state index contributed by atoms with van der Waals surface area (Å²) in [5, 5.41) is 3.39. The SMILES string of the molecule is O=C(NCc1cc(Cl)c2c(c1)OCCCO2)c1ccc(CN2CCCC2=O)cc1. The first-order valence-corrected chi connectivity index (χ1v) is 10.2. The Kier molecular flexibility index (Phi) is 5.90. The summed E-state index contributed by atoms with van der Waals surface area (Å²) in [4.78, 5) is 26.1. The van der Waals surface area contributed by atoms with Gasteiger partial charge < -0.3 is 19.7 Å². The van der Waals surface area contributed by atoms with Crippen LogP contribution in [0.5, 0.6) is 11.5 Å². The van der Waals surface area contributed by atoms with Crippen molar-refractivity contribution in [2.24, 2.45) is 0 Å². The number of nitrogens with zero attached hydrogens (tertiary/aromatic N) is 1. The summed E-state index contributed by atoms with van der Waals surface area (Å²) < 4.78 is 11.3. The van der Waals surface area contributed by atoms with Gasteiger partial charge in [0, 0.05) is 38.0 Å². The van der Waals surface area contributed by atoms with Crippen molar-refractivity contribution in [3.05, 3.63) is 58.1 Å². The van der Waals surface area contributed by atoms with Gasteiger partial charge in [0.2, 0.25) is 5.91 Å². The Balaban J connectivity index is 1.36. The Morgan fingerprint density at radius 1 is 1.07 bits per heavy atom. The number of fused-ring (bicyclic) bond motifs is 1. The van der Waals surface area contributed by atoms with Crippen LogP contribution in [0.15, 0.2) is 36.4 Å². The number of hydrogen-bond acceptors (Lipinski definition) is 4. The van der Waals surface area contributed by atoms with Gasteiger partial charge in [-0.2, -0.15) is 0 Å². The molecule has 1 N–H and O–H groups in total. The lowest BCUT2D eigenvalue weighted by atomic mass is 10.1. The van der Waals surface area contributed by atoms with Gasteiger partial charge in [-0.15, -0.1) is 0 Å². The number of halogens is 1. The second-order valence-electron chi connectivity index (χ2n) is 7.25. The third-order valence-electron chi connectivity index (χ3n) is 5.08. The van der Waals surface area contributed by atoms with Crippen LogP contribution in [0, 0.1) is 0 Å². The summed E-state index contributed by atoms with van der Waals surface area (Å²) in [5.74, 6) is 1.20. The van der Waals surface area contributed by atoms with Crippen molar-refractivity contribution in [3.63, 3.8) is 0 Å². The molecule has 0 bridgehead atoms. The lowest BCUT2D eigenvalue weighted by Crippen LogP contribution is -2.24. The lowest BCUT2D eigenvalue weighted by molar-refractivity contribution is -0.128. The predicted octanol–water partition coefficient (Wildman–Crippen LogP) is 3.55. The van der Waals surface area contributed by atoms with E-state index in [1.807, 2.05) is 23.1 Å². The van der Waals surface area contributed by atoms with Gasteiger partial charge in [0.1, 0.15) is 0 Å². The molecule has 1 fully saturated rings. The molecular formula is C22H23ClN2O4. The molecule has 0 aliphatic carbocycles. The van der Waals surface area contributed by atoms with E-state index in [1.54, 1.807) is 18.2 Å². The molecule has 1 saturated heterocycles. The Morgan fingerprint density at radius 3 is 2.62 bits per heavy atom. The summed E-state index contributed by atoms with van der Waals surface area (Å²) in [6.45, 7) is 2.88. The van der Waals surface area contributed by atoms with Crippen molar-refractivity contribution in [1.82, 2.24) is 10.2 Å². The second-order valence-corrected chi connectivity index (χ2v) is 7.66. The molecule has 2 aromatic rings. The Morgan fingerprint density at radius 2 is 1.86 bits per heavy atom. The van der Waals surface area contributed by atoms with Crippen molar-refractivity contribution >= 4 is 23.4 Å². The minimum atomic E-state index is -0.169. The molecule has 2 heterocycles. The van der Waals surface area contributed by atoms with Crippen molar-refractivity contribution < 1.29 is 19.1 Å². The van der Waals surface area contributed by atoms with Crippen molar-refractivity contribution in [1.29, 1.82) is 0 Å². The van der Waals surface area contributed by atoms with Crippen LogP contribution >= 0.6 is 11.6 Å². The van der Waals surface area contributed by atoms with Gasteiger partial charge in [0.15, 0.2) is 11.5 Å². The largest absolute Gasteiger partial charge is 0.489 e. The molecule has 0 radical (unpaired) electrons. The predicted molar refractivity (Wildman–Crippen MR) is 109 cm³/mol. The zero-order valence-electron chi connectivity index (χ0n) is 16.1. The lowest BCUT2D eigenvalue weighted by Gasteiger charge is -2.15. The van der Waals surface area contributed by atoms with Crippen LogP contribution in [0.1, 0.15) is 40.7 Å². The maximum Gasteiger partial charge on any atom is 0.251 e. The first kappa shape index (κ1) is 19.6. The zero-order chi connectivity index (χ0) is 20.2.